The number of nitrogens with zero attached hydrogens (tertiary/aromatic N) is 2. The van der Waals surface area contributed by atoms with Gasteiger partial charge in [-0.1, -0.05) is 12.1 Å². The van der Waals surface area contributed by atoms with Crippen molar-refractivity contribution in [2.45, 2.75) is 6.18 Å². The van der Waals surface area contributed by atoms with Gasteiger partial charge in [-0.15, -0.1) is 0 Å². The molecule has 0 bridgehead atoms. The maximum absolute atomic E-state index is 12.2. The van der Waals surface area contributed by atoms with Crippen LogP contribution in [-0.4, -0.2) is 57.4 Å². The number of methoxy groups -OCH3 is 2. The maximum Gasteiger partial charge on any atom is 0.422 e. The van der Waals surface area contributed by atoms with Crippen molar-refractivity contribution < 1.29 is 49.6 Å². The number of urea groups is 1. The molecule has 0 unspecified atom stereocenters. The SMILES string of the molecule is COc1cc(OC)nc(NC(=O)NS(=O)(=O)Oc2ccccc2C(=O)OCC(F)(F)F)n1. The Morgan fingerprint density at radius 1 is 1.06 bits per heavy atom. The van der Waals surface area contributed by atoms with E-state index in [9.17, 15) is 31.2 Å². The predicted octanol–water partition coefficient (Wildman–Crippen LogP) is 1.66. The Morgan fingerprint density at radius 3 is 2.22 bits per heavy atom. The molecule has 12 nitrogen and oxygen atoms in total. The lowest BCUT2D eigenvalue weighted by molar-refractivity contribution is -0.161. The van der Waals surface area contributed by atoms with Crippen LogP contribution in [-0.2, 0) is 15.0 Å². The first-order valence-electron chi connectivity index (χ1n) is 8.25. The number of nitrogens with one attached hydrogen (secondary N) is 2. The second-order valence-electron chi connectivity index (χ2n) is 5.56. The molecule has 1 aromatic heterocycles. The van der Waals surface area contributed by atoms with Crippen LogP contribution in [0.4, 0.5) is 23.9 Å². The third-order valence-corrected chi connectivity index (χ3v) is 4.05. The Bertz CT molecular complexity index is 1070. The normalized spacial score (nSPS) is 11.3. The first-order chi connectivity index (χ1) is 14.9. The van der Waals surface area contributed by atoms with E-state index in [1.807, 2.05) is 5.32 Å². The van der Waals surface area contributed by atoms with Gasteiger partial charge in [0.15, 0.2) is 12.4 Å². The van der Waals surface area contributed by atoms with E-state index in [0.29, 0.717) is 0 Å². The summed E-state index contributed by atoms with van der Waals surface area (Å²) in [6.07, 6.45) is -4.79. The number of halogens is 3. The Labute approximate surface area is 178 Å². The number of carbonyl (C=O) groups excluding carboxylic acids is 2. The molecule has 2 N–H and O–H groups in total. The summed E-state index contributed by atoms with van der Waals surface area (Å²) < 4.78 is 80.8. The first-order valence-corrected chi connectivity index (χ1v) is 9.66. The van der Waals surface area contributed by atoms with E-state index in [0.717, 1.165) is 12.1 Å². The standard InChI is InChI=1S/C16H15F3N4O8S/c1-28-11-7-12(29-2)21-14(20-11)22-15(25)23-32(26,27)31-10-6-4-3-5-9(10)13(24)30-8-16(17,18)19/h3-7H,8H2,1-2H3,(H2,20,21,22,23,25). The van der Waals surface area contributed by atoms with Crippen molar-refractivity contribution in [2.75, 3.05) is 26.1 Å². The van der Waals surface area contributed by atoms with E-state index in [4.69, 9.17) is 9.47 Å². The predicted molar refractivity (Wildman–Crippen MR) is 99.6 cm³/mol. The highest BCUT2D eigenvalue weighted by Crippen LogP contribution is 2.22. The second kappa shape index (κ2) is 9.99. The molecule has 0 spiro atoms. The van der Waals surface area contributed by atoms with Crippen molar-refractivity contribution >= 4 is 28.3 Å². The van der Waals surface area contributed by atoms with Gasteiger partial charge in [-0.2, -0.15) is 31.6 Å². The molecule has 32 heavy (non-hydrogen) atoms. The van der Waals surface area contributed by atoms with Gasteiger partial charge in [0, 0.05) is 0 Å². The summed E-state index contributed by atoms with van der Waals surface area (Å²) in [6, 6.07) is 4.34. The van der Waals surface area contributed by atoms with Crippen LogP contribution in [0.15, 0.2) is 30.3 Å². The Balaban J connectivity index is 2.11. The average molecular weight is 480 g/mol. The summed E-state index contributed by atoms with van der Waals surface area (Å²) in [7, 11) is -2.34. The average Bonchev–Trinajstić information content (AvgIpc) is 2.70. The Hall–Kier alpha value is -3.82. The van der Waals surface area contributed by atoms with E-state index in [1.54, 1.807) is 0 Å². The van der Waals surface area contributed by atoms with Crippen molar-refractivity contribution in [3.8, 4) is 17.5 Å². The fourth-order valence-electron chi connectivity index (χ4n) is 1.98. The van der Waals surface area contributed by atoms with Gasteiger partial charge in [0.1, 0.15) is 5.56 Å². The van der Waals surface area contributed by atoms with Crippen molar-refractivity contribution in [3.05, 3.63) is 35.9 Å². The van der Waals surface area contributed by atoms with E-state index < -0.39 is 46.4 Å². The summed E-state index contributed by atoms with van der Waals surface area (Å²) >= 11 is 0. The maximum atomic E-state index is 12.2. The lowest BCUT2D eigenvalue weighted by Crippen LogP contribution is -2.37. The number of anilines is 1. The number of rotatable bonds is 8. The second-order valence-corrected chi connectivity index (χ2v) is 6.84. The minimum Gasteiger partial charge on any atom is -0.481 e. The number of ether oxygens (including phenoxy) is 3. The van der Waals surface area contributed by atoms with Crippen LogP contribution in [0.25, 0.3) is 0 Å². The highest BCUT2D eigenvalue weighted by Gasteiger charge is 2.31. The number of esters is 1. The van der Waals surface area contributed by atoms with Gasteiger partial charge in [-0.25, -0.2) is 14.3 Å². The molecule has 2 rings (SSSR count). The van der Waals surface area contributed by atoms with Gasteiger partial charge >= 0.3 is 28.5 Å². The summed E-state index contributed by atoms with van der Waals surface area (Å²) in [5.74, 6) is -2.56. The molecule has 1 heterocycles. The molecule has 0 aliphatic heterocycles. The number of aromatic nitrogens is 2. The van der Waals surface area contributed by atoms with Crippen LogP contribution in [0, 0.1) is 0 Å². The molecule has 0 radical (unpaired) electrons. The van der Waals surface area contributed by atoms with E-state index in [2.05, 4.69) is 18.9 Å². The number of para-hydroxylation sites is 1. The molecule has 174 valence electrons. The van der Waals surface area contributed by atoms with E-state index >= 15 is 0 Å². The number of amides is 2. The lowest BCUT2D eigenvalue weighted by Gasteiger charge is -2.13. The van der Waals surface area contributed by atoms with Crippen LogP contribution < -0.4 is 23.7 Å². The molecule has 0 aliphatic carbocycles. The topological polar surface area (TPSA) is 155 Å². The monoisotopic (exact) mass is 480 g/mol. The highest BCUT2D eigenvalue weighted by atomic mass is 32.2. The minimum atomic E-state index is -4.89. The molecular weight excluding hydrogens is 465 g/mol. The molecule has 0 aliphatic rings. The van der Waals surface area contributed by atoms with Gasteiger partial charge in [0.05, 0.1) is 20.3 Å². The highest BCUT2D eigenvalue weighted by molar-refractivity contribution is 7.85. The quantitative estimate of drug-likeness (QED) is 0.533. The van der Waals surface area contributed by atoms with Crippen molar-refractivity contribution in [3.63, 3.8) is 0 Å². The molecule has 0 saturated heterocycles. The fourth-order valence-corrected chi connectivity index (χ4v) is 2.68. The molecule has 1 aromatic carbocycles. The fraction of sp³-hybridized carbons (Fsp3) is 0.250. The number of benzene rings is 1. The third-order valence-electron chi connectivity index (χ3n) is 3.21. The first kappa shape index (κ1) is 24.4. The van der Waals surface area contributed by atoms with E-state index in [1.165, 1.54) is 37.1 Å². The van der Waals surface area contributed by atoms with Crippen LogP contribution in [0.1, 0.15) is 10.4 Å². The lowest BCUT2D eigenvalue weighted by atomic mass is 10.2. The van der Waals surface area contributed by atoms with Crippen molar-refractivity contribution in [2.24, 2.45) is 0 Å². The van der Waals surface area contributed by atoms with Gasteiger partial charge in [-0.05, 0) is 12.1 Å². The number of alkyl halides is 3. The molecule has 2 aromatic rings. The van der Waals surface area contributed by atoms with Gasteiger partial charge in [-0.3, -0.25) is 5.32 Å². The molecule has 2 amide bonds. The molecule has 0 atom stereocenters. The van der Waals surface area contributed by atoms with Crippen molar-refractivity contribution in [1.29, 1.82) is 0 Å². The Kier molecular flexibility index (Phi) is 7.63. The summed E-state index contributed by atoms with van der Waals surface area (Å²) in [5.41, 5.74) is -0.622. The van der Waals surface area contributed by atoms with Crippen LogP contribution in [0.5, 0.6) is 17.5 Å². The minimum absolute atomic E-state index is 0.00227. The molecule has 16 heteroatoms. The van der Waals surface area contributed by atoms with Crippen LogP contribution >= 0.6 is 0 Å². The van der Waals surface area contributed by atoms with Gasteiger partial charge < -0.3 is 18.4 Å². The van der Waals surface area contributed by atoms with E-state index in [-0.39, 0.29) is 17.7 Å². The number of hydrogen-bond acceptors (Lipinski definition) is 10. The molecular formula is C16H15F3N4O8S. The van der Waals surface area contributed by atoms with Crippen molar-refractivity contribution in [1.82, 2.24) is 14.7 Å². The van der Waals surface area contributed by atoms with Gasteiger partial charge in [0.2, 0.25) is 17.7 Å². The van der Waals surface area contributed by atoms with Gasteiger partial charge in [0.25, 0.3) is 0 Å². The molecule has 0 fully saturated rings. The van der Waals surface area contributed by atoms with Crippen LogP contribution in [0.2, 0.25) is 0 Å². The zero-order valence-electron chi connectivity index (χ0n) is 16.3. The number of hydrogen-bond donors (Lipinski definition) is 2. The number of carbonyl (C=O) groups is 2. The van der Waals surface area contributed by atoms with Crippen LogP contribution in [0.3, 0.4) is 0 Å². The molecule has 0 saturated carbocycles. The summed E-state index contributed by atoms with van der Waals surface area (Å²) in [4.78, 5) is 31.3. The summed E-state index contributed by atoms with van der Waals surface area (Å²) in [6.45, 7) is -1.89. The zero-order chi connectivity index (χ0) is 23.9. The Morgan fingerprint density at radius 2 is 1.66 bits per heavy atom. The summed E-state index contributed by atoms with van der Waals surface area (Å²) in [5, 5.41) is 2.00. The largest absolute Gasteiger partial charge is 0.481 e. The third kappa shape index (κ3) is 7.46. The zero-order valence-corrected chi connectivity index (χ0v) is 17.1. The smallest absolute Gasteiger partial charge is 0.422 e.